The van der Waals surface area contributed by atoms with Gasteiger partial charge in [0.05, 0.1) is 12.2 Å². The Morgan fingerprint density at radius 2 is 1.59 bits per heavy atom. The summed E-state index contributed by atoms with van der Waals surface area (Å²) in [5.74, 6) is -0.469. The molecule has 7 nitrogen and oxygen atoms in total. The number of anilines is 2. The number of benzene rings is 2. The predicted octanol–water partition coefficient (Wildman–Crippen LogP) is 6.59. The Labute approximate surface area is 233 Å². The standard InChI is InChI=1S/C31H36N2O5S/c1-5-20-11-10-12-21(6-2)27(20)32-28(34)19(4)38-23-17-15-22(16-18-23)29(35)33-30-26(31(36)37-7-3)24-13-8-9-14-25(24)39-30/h10-12,15-19H,5-9,13-14H2,1-4H3,(H,32,34)(H,33,35). The van der Waals surface area contributed by atoms with Gasteiger partial charge in [-0.25, -0.2) is 4.79 Å². The highest BCUT2D eigenvalue weighted by Crippen LogP contribution is 2.39. The minimum absolute atomic E-state index is 0.236. The molecular formula is C31H36N2O5S. The van der Waals surface area contributed by atoms with Gasteiger partial charge in [-0.3, -0.25) is 9.59 Å². The fraction of sp³-hybridized carbons (Fsp3) is 0.387. The first kappa shape index (κ1) is 28.4. The van der Waals surface area contributed by atoms with Crippen molar-refractivity contribution in [2.75, 3.05) is 17.2 Å². The average molecular weight is 549 g/mol. The lowest BCUT2D eigenvalue weighted by molar-refractivity contribution is -0.122. The van der Waals surface area contributed by atoms with Crippen LogP contribution >= 0.6 is 11.3 Å². The van der Waals surface area contributed by atoms with E-state index in [4.69, 9.17) is 9.47 Å². The summed E-state index contributed by atoms with van der Waals surface area (Å²) in [6.45, 7) is 7.87. The van der Waals surface area contributed by atoms with Gasteiger partial charge >= 0.3 is 5.97 Å². The summed E-state index contributed by atoms with van der Waals surface area (Å²) in [7, 11) is 0. The molecule has 8 heteroatoms. The third-order valence-electron chi connectivity index (χ3n) is 6.92. The number of esters is 1. The summed E-state index contributed by atoms with van der Waals surface area (Å²) in [6, 6.07) is 12.7. The quantitative estimate of drug-likeness (QED) is 0.279. The molecule has 1 unspecified atom stereocenters. The fourth-order valence-corrected chi connectivity index (χ4v) is 6.09. The van der Waals surface area contributed by atoms with Crippen LogP contribution in [0.2, 0.25) is 0 Å². The first-order valence-corrected chi connectivity index (χ1v) is 14.5. The van der Waals surface area contributed by atoms with Crippen molar-refractivity contribution in [3.8, 4) is 5.75 Å². The molecule has 1 atom stereocenters. The van der Waals surface area contributed by atoms with Crippen LogP contribution in [-0.4, -0.2) is 30.5 Å². The van der Waals surface area contributed by atoms with E-state index >= 15 is 0 Å². The number of carbonyl (C=O) groups excluding carboxylic acids is 3. The first-order valence-electron chi connectivity index (χ1n) is 13.7. The number of aryl methyl sites for hydroxylation is 3. The van der Waals surface area contributed by atoms with E-state index in [1.54, 1.807) is 38.1 Å². The highest BCUT2D eigenvalue weighted by molar-refractivity contribution is 7.17. The van der Waals surface area contributed by atoms with Gasteiger partial charge in [0.1, 0.15) is 10.8 Å². The normalized spacial score (nSPS) is 13.2. The number of para-hydroxylation sites is 1. The number of hydrogen-bond donors (Lipinski definition) is 2. The van der Waals surface area contributed by atoms with Gasteiger partial charge in [0.2, 0.25) is 0 Å². The molecule has 1 aliphatic rings. The van der Waals surface area contributed by atoms with Crippen LogP contribution in [0.15, 0.2) is 42.5 Å². The summed E-state index contributed by atoms with van der Waals surface area (Å²) >= 11 is 1.46. The maximum atomic E-state index is 13.1. The van der Waals surface area contributed by atoms with Crippen molar-refractivity contribution in [3.63, 3.8) is 0 Å². The topological polar surface area (TPSA) is 93.7 Å². The zero-order valence-corrected chi connectivity index (χ0v) is 23.8. The Morgan fingerprint density at radius 3 is 2.23 bits per heavy atom. The lowest BCUT2D eigenvalue weighted by Crippen LogP contribution is -2.31. The second kappa shape index (κ2) is 12.9. The van der Waals surface area contributed by atoms with Crippen LogP contribution in [0, 0.1) is 0 Å². The van der Waals surface area contributed by atoms with E-state index in [1.807, 2.05) is 18.2 Å². The van der Waals surface area contributed by atoms with Crippen molar-refractivity contribution in [3.05, 3.63) is 75.2 Å². The molecule has 0 saturated carbocycles. The SMILES string of the molecule is CCOC(=O)c1c(NC(=O)c2ccc(OC(C)C(=O)Nc3c(CC)cccc3CC)cc2)sc2c1CCCC2. The van der Waals surface area contributed by atoms with Crippen molar-refractivity contribution in [1.82, 2.24) is 0 Å². The number of nitrogens with one attached hydrogen (secondary N) is 2. The Balaban J connectivity index is 1.43. The Morgan fingerprint density at radius 1 is 0.923 bits per heavy atom. The van der Waals surface area contributed by atoms with Gasteiger partial charge in [-0.15, -0.1) is 11.3 Å². The van der Waals surface area contributed by atoms with E-state index in [2.05, 4.69) is 24.5 Å². The molecule has 0 spiro atoms. The second-order valence-electron chi connectivity index (χ2n) is 9.52. The number of amides is 2. The van der Waals surface area contributed by atoms with Crippen LogP contribution in [-0.2, 0) is 35.2 Å². The number of fused-ring (bicyclic) bond motifs is 1. The molecule has 4 rings (SSSR count). The van der Waals surface area contributed by atoms with Gasteiger partial charge in [0.15, 0.2) is 6.10 Å². The van der Waals surface area contributed by atoms with Crippen molar-refractivity contribution >= 4 is 39.8 Å². The lowest BCUT2D eigenvalue weighted by atomic mass is 9.95. The number of rotatable bonds is 10. The number of hydrogen-bond acceptors (Lipinski definition) is 6. The molecule has 3 aromatic rings. The molecule has 206 valence electrons. The first-order chi connectivity index (χ1) is 18.9. The molecule has 2 aromatic carbocycles. The van der Waals surface area contributed by atoms with Crippen molar-refractivity contribution in [1.29, 1.82) is 0 Å². The number of thiophene rings is 1. The van der Waals surface area contributed by atoms with E-state index in [1.165, 1.54) is 11.3 Å². The van der Waals surface area contributed by atoms with Crippen molar-refractivity contribution in [2.24, 2.45) is 0 Å². The summed E-state index contributed by atoms with van der Waals surface area (Å²) in [4.78, 5) is 39.8. The molecule has 2 N–H and O–H groups in total. The van der Waals surface area contributed by atoms with Crippen LogP contribution in [0.4, 0.5) is 10.7 Å². The summed E-state index contributed by atoms with van der Waals surface area (Å²) < 4.78 is 11.2. The fourth-order valence-electron chi connectivity index (χ4n) is 4.82. The maximum absolute atomic E-state index is 13.1. The molecule has 0 radical (unpaired) electrons. The highest BCUT2D eigenvalue weighted by atomic mass is 32.1. The van der Waals surface area contributed by atoms with Gasteiger partial charge in [-0.2, -0.15) is 0 Å². The third-order valence-corrected chi connectivity index (χ3v) is 8.13. The van der Waals surface area contributed by atoms with Crippen LogP contribution in [0.5, 0.6) is 5.75 Å². The number of ether oxygens (including phenoxy) is 2. The molecule has 0 bridgehead atoms. The van der Waals surface area contributed by atoms with Crippen molar-refractivity contribution < 1.29 is 23.9 Å². The molecule has 2 amide bonds. The molecule has 0 fully saturated rings. The van der Waals surface area contributed by atoms with Crippen LogP contribution in [0.3, 0.4) is 0 Å². The minimum Gasteiger partial charge on any atom is -0.481 e. The maximum Gasteiger partial charge on any atom is 0.341 e. The predicted molar refractivity (Wildman–Crippen MR) is 155 cm³/mol. The van der Waals surface area contributed by atoms with Gasteiger partial charge in [0.25, 0.3) is 11.8 Å². The smallest absolute Gasteiger partial charge is 0.341 e. The lowest BCUT2D eigenvalue weighted by Gasteiger charge is -2.18. The van der Waals surface area contributed by atoms with E-state index in [0.717, 1.165) is 65.8 Å². The zero-order valence-electron chi connectivity index (χ0n) is 23.0. The molecular weight excluding hydrogens is 512 g/mol. The van der Waals surface area contributed by atoms with Crippen LogP contribution < -0.4 is 15.4 Å². The van der Waals surface area contributed by atoms with E-state index in [0.29, 0.717) is 21.9 Å². The molecule has 1 heterocycles. The monoisotopic (exact) mass is 548 g/mol. The van der Waals surface area contributed by atoms with Gasteiger partial charge in [-0.1, -0.05) is 32.0 Å². The Kier molecular flexibility index (Phi) is 9.41. The van der Waals surface area contributed by atoms with E-state index < -0.39 is 12.1 Å². The van der Waals surface area contributed by atoms with Crippen LogP contribution in [0.25, 0.3) is 0 Å². The Hall–Kier alpha value is -3.65. The number of carbonyl (C=O) groups is 3. The van der Waals surface area contributed by atoms with Gasteiger partial charge in [0, 0.05) is 16.1 Å². The molecule has 1 aliphatic carbocycles. The van der Waals surface area contributed by atoms with Gasteiger partial charge < -0.3 is 20.1 Å². The molecule has 39 heavy (non-hydrogen) atoms. The average Bonchev–Trinajstić information content (AvgIpc) is 3.31. The third kappa shape index (κ3) is 6.50. The summed E-state index contributed by atoms with van der Waals surface area (Å²) in [6.07, 6.45) is 4.72. The van der Waals surface area contributed by atoms with Crippen LogP contribution in [0.1, 0.15) is 82.8 Å². The minimum atomic E-state index is -0.733. The largest absolute Gasteiger partial charge is 0.481 e. The Bertz CT molecular complexity index is 1320. The molecule has 1 aromatic heterocycles. The summed E-state index contributed by atoms with van der Waals surface area (Å²) in [5.41, 5.74) is 4.94. The highest BCUT2D eigenvalue weighted by Gasteiger charge is 2.27. The zero-order chi connectivity index (χ0) is 27.9. The van der Waals surface area contributed by atoms with E-state index in [9.17, 15) is 14.4 Å². The van der Waals surface area contributed by atoms with Gasteiger partial charge in [-0.05, 0) is 93.3 Å². The molecule has 0 aliphatic heterocycles. The van der Waals surface area contributed by atoms with E-state index in [-0.39, 0.29) is 18.4 Å². The van der Waals surface area contributed by atoms with Crippen molar-refractivity contribution in [2.45, 2.75) is 72.3 Å². The second-order valence-corrected chi connectivity index (χ2v) is 10.6. The summed E-state index contributed by atoms with van der Waals surface area (Å²) in [5, 5.41) is 6.50. The molecule has 0 saturated heterocycles.